The van der Waals surface area contributed by atoms with E-state index in [2.05, 4.69) is 5.73 Å². The molecule has 2 nitrogen and oxygen atoms in total. The summed E-state index contributed by atoms with van der Waals surface area (Å²) in [7, 11) is 0. The Morgan fingerprint density at radius 2 is 1.80 bits per heavy atom. The normalized spacial score (nSPS) is 10.3. The molecule has 62 valence electrons. The number of rotatable bonds is 2. The quantitative estimate of drug-likeness (QED) is 0.678. The van der Waals surface area contributed by atoms with Crippen LogP contribution < -0.4 is 5.73 Å². The van der Waals surface area contributed by atoms with Crippen LogP contribution in [0.15, 0.2) is 0 Å². The first-order chi connectivity index (χ1) is 3.92. The molecule has 2 N–H and O–H groups in total. The summed E-state index contributed by atoms with van der Waals surface area (Å²) in [6.45, 7) is 0. The first-order valence-corrected chi connectivity index (χ1v) is 2.27. The highest BCUT2D eigenvalue weighted by Gasteiger charge is 2.27. The van der Waals surface area contributed by atoms with Gasteiger partial charge in [-0.25, -0.2) is 0 Å². The van der Waals surface area contributed by atoms with Gasteiger partial charge in [0.05, 0.1) is 6.42 Å². The second-order valence-corrected chi connectivity index (χ2v) is 1.58. The van der Waals surface area contributed by atoms with E-state index >= 15 is 0 Å². The minimum atomic E-state index is -4.27. The van der Waals surface area contributed by atoms with Crippen molar-refractivity contribution >= 4 is 18.3 Å². The van der Waals surface area contributed by atoms with Gasteiger partial charge in [0.25, 0.3) is 0 Å². The zero-order chi connectivity index (χ0) is 7.49. The number of carbonyl (C=O) groups excluding carboxylic acids is 1. The Labute approximate surface area is 62.0 Å². The third-order valence-corrected chi connectivity index (χ3v) is 0.655. The summed E-state index contributed by atoms with van der Waals surface area (Å²) in [5.41, 5.74) is 4.46. The molecule has 0 saturated heterocycles. The van der Waals surface area contributed by atoms with Crippen LogP contribution in [0.2, 0.25) is 0 Å². The fourth-order valence-electron chi connectivity index (χ4n) is 0.265. The fourth-order valence-corrected chi connectivity index (χ4v) is 0.265. The summed E-state index contributed by atoms with van der Waals surface area (Å²) < 4.78 is 33.6. The molecule has 0 spiro atoms. The van der Waals surface area contributed by atoms with Gasteiger partial charge in [0.15, 0.2) is 0 Å². The predicted octanol–water partition coefficient (Wildman–Crippen LogP) is 1.24. The fraction of sp³-hybridized carbons (Fsp3) is 0.750. The standard InChI is InChI=1S/C4H6F3NO.ClH/c5-4(6,7)2-1-3(8)9;/h1-2H2,(H2,8,9);1H. The van der Waals surface area contributed by atoms with Crippen LogP contribution >= 0.6 is 12.4 Å². The van der Waals surface area contributed by atoms with Crippen LogP contribution in [0.4, 0.5) is 13.2 Å². The summed E-state index contributed by atoms with van der Waals surface area (Å²) in [5.74, 6) is -0.924. The summed E-state index contributed by atoms with van der Waals surface area (Å²) in [4.78, 5) is 9.77. The van der Waals surface area contributed by atoms with Crippen molar-refractivity contribution in [2.24, 2.45) is 5.73 Å². The monoisotopic (exact) mass is 177 g/mol. The molecule has 0 atom stereocenters. The number of nitrogens with two attached hydrogens (primary N) is 1. The van der Waals surface area contributed by atoms with Crippen molar-refractivity contribution in [2.75, 3.05) is 0 Å². The van der Waals surface area contributed by atoms with Crippen LogP contribution in [-0.2, 0) is 4.79 Å². The average Bonchev–Trinajstić information content (AvgIpc) is 1.59. The molecule has 0 heterocycles. The molecule has 0 radical (unpaired) electrons. The highest BCUT2D eigenvalue weighted by atomic mass is 35.5. The zero-order valence-corrected chi connectivity index (χ0v) is 5.76. The minimum absolute atomic E-state index is 0. The Balaban J connectivity index is 0. The summed E-state index contributed by atoms with van der Waals surface area (Å²) in [6.07, 6.45) is -6.01. The first-order valence-electron chi connectivity index (χ1n) is 2.27. The van der Waals surface area contributed by atoms with Crippen LogP contribution in [0.25, 0.3) is 0 Å². The molecule has 0 rings (SSSR count). The van der Waals surface area contributed by atoms with Crippen LogP contribution in [0.3, 0.4) is 0 Å². The highest BCUT2D eigenvalue weighted by Crippen LogP contribution is 2.20. The van der Waals surface area contributed by atoms with Crippen LogP contribution in [0, 0.1) is 0 Å². The number of hydrogen-bond donors (Lipinski definition) is 1. The van der Waals surface area contributed by atoms with Crippen molar-refractivity contribution in [3.63, 3.8) is 0 Å². The Bertz CT molecular complexity index is 114. The van der Waals surface area contributed by atoms with Gasteiger partial charge in [-0.15, -0.1) is 12.4 Å². The maximum atomic E-state index is 11.2. The van der Waals surface area contributed by atoms with Crippen molar-refractivity contribution in [3.05, 3.63) is 0 Å². The van der Waals surface area contributed by atoms with Crippen molar-refractivity contribution < 1.29 is 18.0 Å². The maximum Gasteiger partial charge on any atom is 0.389 e. The van der Waals surface area contributed by atoms with Gasteiger partial charge in [0, 0.05) is 6.42 Å². The van der Waals surface area contributed by atoms with E-state index < -0.39 is 24.9 Å². The van der Waals surface area contributed by atoms with Gasteiger partial charge in [-0.05, 0) is 0 Å². The molecule has 0 aliphatic carbocycles. The number of carbonyl (C=O) groups is 1. The van der Waals surface area contributed by atoms with Gasteiger partial charge in [0.2, 0.25) is 5.91 Å². The number of amides is 1. The maximum absolute atomic E-state index is 11.2. The number of halogens is 4. The van der Waals surface area contributed by atoms with Crippen molar-refractivity contribution in [3.8, 4) is 0 Å². The summed E-state index contributed by atoms with van der Waals surface area (Å²) in [5, 5.41) is 0. The second-order valence-electron chi connectivity index (χ2n) is 1.58. The van der Waals surface area contributed by atoms with E-state index in [-0.39, 0.29) is 12.4 Å². The second kappa shape index (κ2) is 4.38. The Hall–Kier alpha value is -0.450. The Kier molecular flexibility index (Phi) is 5.36. The molecular weight excluding hydrogens is 170 g/mol. The topological polar surface area (TPSA) is 43.1 Å². The molecule has 6 heteroatoms. The molecule has 0 unspecified atom stereocenters. The molecule has 0 bridgehead atoms. The number of primary amides is 1. The van der Waals surface area contributed by atoms with E-state index in [0.717, 1.165) is 0 Å². The van der Waals surface area contributed by atoms with Gasteiger partial charge >= 0.3 is 6.18 Å². The lowest BCUT2D eigenvalue weighted by atomic mass is 10.3. The Morgan fingerprint density at radius 1 is 1.40 bits per heavy atom. The van der Waals surface area contributed by atoms with E-state index in [1.54, 1.807) is 0 Å². The van der Waals surface area contributed by atoms with E-state index in [1.807, 2.05) is 0 Å². The predicted molar refractivity (Wildman–Crippen MR) is 31.7 cm³/mol. The highest BCUT2D eigenvalue weighted by molar-refractivity contribution is 5.85. The van der Waals surface area contributed by atoms with Gasteiger partial charge in [-0.1, -0.05) is 0 Å². The van der Waals surface area contributed by atoms with Crippen LogP contribution in [0.1, 0.15) is 12.8 Å². The number of hydrogen-bond acceptors (Lipinski definition) is 1. The molecule has 0 aromatic carbocycles. The molecule has 10 heavy (non-hydrogen) atoms. The third kappa shape index (κ3) is 10.5. The van der Waals surface area contributed by atoms with Crippen molar-refractivity contribution in [1.29, 1.82) is 0 Å². The third-order valence-electron chi connectivity index (χ3n) is 0.655. The van der Waals surface area contributed by atoms with E-state index in [4.69, 9.17) is 0 Å². The van der Waals surface area contributed by atoms with Gasteiger partial charge in [-0.2, -0.15) is 13.2 Å². The van der Waals surface area contributed by atoms with Gasteiger partial charge < -0.3 is 5.73 Å². The molecule has 0 fully saturated rings. The molecular formula is C4H7ClF3NO. The minimum Gasteiger partial charge on any atom is -0.370 e. The smallest absolute Gasteiger partial charge is 0.370 e. The van der Waals surface area contributed by atoms with Gasteiger partial charge in [0.1, 0.15) is 0 Å². The number of alkyl halides is 3. The van der Waals surface area contributed by atoms with E-state index in [9.17, 15) is 18.0 Å². The average molecular weight is 178 g/mol. The van der Waals surface area contributed by atoms with E-state index in [1.165, 1.54) is 0 Å². The molecule has 0 saturated carbocycles. The SMILES string of the molecule is Cl.NC(=O)CCC(F)(F)F. The summed E-state index contributed by atoms with van der Waals surface area (Å²) in [6, 6.07) is 0. The van der Waals surface area contributed by atoms with Crippen molar-refractivity contribution in [1.82, 2.24) is 0 Å². The largest absolute Gasteiger partial charge is 0.389 e. The molecule has 0 aliphatic heterocycles. The molecule has 0 aromatic heterocycles. The lowest BCUT2D eigenvalue weighted by Gasteiger charge is -2.01. The summed E-state index contributed by atoms with van der Waals surface area (Å²) >= 11 is 0. The molecule has 1 amide bonds. The lowest BCUT2D eigenvalue weighted by Crippen LogP contribution is -2.16. The first kappa shape index (κ1) is 12.2. The van der Waals surface area contributed by atoms with Crippen LogP contribution in [-0.4, -0.2) is 12.1 Å². The molecule has 0 aliphatic rings. The lowest BCUT2D eigenvalue weighted by molar-refractivity contribution is -0.142. The Morgan fingerprint density at radius 3 is 1.90 bits per heavy atom. The molecule has 0 aromatic rings. The van der Waals surface area contributed by atoms with Gasteiger partial charge in [-0.3, -0.25) is 4.79 Å². The zero-order valence-electron chi connectivity index (χ0n) is 4.94. The van der Waals surface area contributed by atoms with Crippen LogP contribution in [0.5, 0.6) is 0 Å². The van der Waals surface area contributed by atoms with E-state index in [0.29, 0.717) is 0 Å². The van der Waals surface area contributed by atoms with Crippen molar-refractivity contribution in [2.45, 2.75) is 19.0 Å².